The summed E-state index contributed by atoms with van der Waals surface area (Å²) in [6.07, 6.45) is 1.61. The SMILES string of the molecule is Cc1ccc(-c2ccccc2)n1-c1ccc(C(=O)N/N=C/c2ccc(OCc3ccccc3)cc2)cc1. The number of amides is 1. The van der Waals surface area contributed by atoms with Crippen LogP contribution in [0.1, 0.15) is 27.2 Å². The van der Waals surface area contributed by atoms with E-state index in [-0.39, 0.29) is 5.91 Å². The molecule has 5 heteroatoms. The Morgan fingerprint density at radius 3 is 2.19 bits per heavy atom. The van der Waals surface area contributed by atoms with Crippen LogP contribution in [0.4, 0.5) is 0 Å². The van der Waals surface area contributed by atoms with E-state index in [0.29, 0.717) is 12.2 Å². The molecule has 0 atom stereocenters. The van der Waals surface area contributed by atoms with Crippen molar-refractivity contribution in [2.24, 2.45) is 5.10 Å². The highest BCUT2D eigenvalue weighted by Gasteiger charge is 2.11. The van der Waals surface area contributed by atoms with E-state index in [0.717, 1.165) is 39.5 Å². The predicted molar refractivity (Wildman–Crippen MR) is 148 cm³/mol. The van der Waals surface area contributed by atoms with Crippen LogP contribution in [0, 0.1) is 6.92 Å². The second-order valence-corrected chi connectivity index (χ2v) is 8.65. The van der Waals surface area contributed by atoms with Crippen molar-refractivity contribution >= 4 is 12.1 Å². The molecule has 0 radical (unpaired) electrons. The van der Waals surface area contributed by atoms with Crippen LogP contribution >= 0.6 is 0 Å². The van der Waals surface area contributed by atoms with Gasteiger partial charge in [0.2, 0.25) is 0 Å². The van der Waals surface area contributed by atoms with E-state index in [1.807, 2.05) is 97.1 Å². The maximum Gasteiger partial charge on any atom is 0.271 e. The van der Waals surface area contributed by atoms with Gasteiger partial charge in [-0.3, -0.25) is 4.79 Å². The lowest BCUT2D eigenvalue weighted by Crippen LogP contribution is -2.17. The number of ether oxygens (including phenoxy) is 1. The molecule has 1 aromatic heterocycles. The van der Waals surface area contributed by atoms with Gasteiger partial charge in [-0.05, 0) is 84.3 Å². The molecule has 0 spiro atoms. The van der Waals surface area contributed by atoms with Gasteiger partial charge in [0.15, 0.2) is 0 Å². The minimum Gasteiger partial charge on any atom is -0.489 e. The van der Waals surface area contributed by atoms with Gasteiger partial charge in [0.25, 0.3) is 5.91 Å². The minimum atomic E-state index is -0.266. The van der Waals surface area contributed by atoms with E-state index in [2.05, 4.69) is 46.3 Å². The lowest BCUT2D eigenvalue weighted by Gasteiger charge is -2.12. The zero-order chi connectivity index (χ0) is 25.5. The fourth-order valence-electron chi connectivity index (χ4n) is 4.10. The van der Waals surface area contributed by atoms with E-state index in [1.54, 1.807) is 6.21 Å². The molecule has 0 fully saturated rings. The van der Waals surface area contributed by atoms with Crippen molar-refractivity contribution in [3.63, 3.8) is 0 Å². The van der Waals surface area contributed by atoms with Crippen molar-refractivity contribution in [3.05, 3.63) is 144 Å². The number of hydrazone groups is 1. The molecule has 0 bridgehead atoms. The van der Waals surface area contributed by atoms with Crippen LogP contribution in [0.2, 0.25) is 0 Å². The highest BCUT2D eigenvalue weighted by atomic mass is 16.5. The maximum absolute atomic E-state index is 12.6. The molecule has 0 unspecified atom stereocenters. The lowest BCUT2D eigenvalue weighted by molar-refractivity contribution is 0.0955. The van der Waals surface area contributed by atoms with Gasteiger partial charge in [0, 0.05) is 16.9 Å². The Hall–Kier alpha value is -4.90. The molecule has 37 heavy (non-hydrogen) atoms. The first kappa shape index (κ1) is 23.8. The van der Waals surface area contributed by atoms with Crippen LogP contribution in [-0.2, 0) is 6.61 Å². The Bertz CT molecular complexity index is 1490. The van der Waals surface area contributed by atoms with Gasteiger partial charge in [0.05, 0.1) is 11.9 Å². The molecule has 0 saturated heterocycles. The van der Waals surface area contributed by atoms with Crippen molar-refractivity contribution in [3.8, 4) is 22.7 Å². The zero-order valence-electron chi connectivity index (χ0n) is 20.5. The summed E-state index contributed by atoms with van der Waals surface area (Å²) in [5.74, 6) is 0.511. The summed E-state index contributed by atoms with van der Waals surface area (Å²) in [4.78, 5) is 12.6. The molecule has 1 heterocycles. The van der Waals surface area contributed by atoms with E-state index in [1.165, 1.54) is 0 Å². The Labute approximate surface area is 216 Å². The third-order valence-electron chi connectivity index (χ3n) is 6.04. The van der Waals surface area contributed by atoms with Crippen molar-refractivity contribution in [1.29, 1.82) is 0 Å². The standard InChI is InChI=1S/C32H27N3O2/c1-24-12-21-31(27-10-6-3-7-11-27)35(24)29-17-15-28(16-18-29)32(36)34-33-22-25-13-19-30(20-14-25)37-23-26-8-4-2-5-9-26/h2-22H,23H2,1H3,(H,34,36)/b33-22+. The van der Waals surface area contributed by atoms with Gasteiger partial charge >= 0.3 is 0 Å². The first-order chi connectivity index (χ1) is 18.2. The zero-order valence-corrected chi connectivity index (χ0v) is 20.5. The molecular formula is C32H27N3O2. The molecule has 0 aliphatic heterocycles. The average Bonchev–Trinajstić information content (AvgIpc) is 3.35. The van der Waals surface area contributed by atoms with Crippen molar-refractivity contribution in [2.75, 3.05) is 0 Å². The molecule has 5 nitrogen and oxygen atoms in total. The molecular weight excluding hydrogens is 458 g/mol. The average molecular weight is 486 g/mol. The van der Waals surface area contributed by atoms with E-state index < -0.39 is 0 Å². The summed E-state index contributed by atoms with van der Waals surface area (Å²) in [5, 5.41) is 4.11. The quantitative estimate of drug-likeness (QED) is 0.194. The van der Waals surface area contributed by atoms with Crippen molar-refractivity contribution in [2.45, 2.75) is 13.5 Å². The second-order valence-electron chi connectivity index (χ2n) is 8.65. The van der Waals surface area contributed by atoms with Gasteiger partial charge in [-0.15, -0.1) is 0 Å². The summed E-state index contributed by atoms with van der Waals surface area (Å²) < 4.78 is 7.99. The highest BCUT2D eigenvalue weighted by Crippen LogP contribution is 2.26. The summed E-state index contributed by atoms with van der Waals surface area (Å²) in [5.41, 5.74) is 9.49. The molecule has 5 rings (SSSR count). The Morgan fingerprint density at radius 2 is 1.49 bits per heavy atom. The van der Waals surface area contributed by atoms with Crippen LogP contribution in [0.5, 0.6) is 5.75 Å². The van der Waals surface area contributed by atoms with Crippen LogP contribution < -0.4 is 10.2 Å². The van der Waals surface area contributed by atoms with Gasteiger partial charge < -0.3 is 9.30 Å². The second kappa shape index (κ2) is 11.2. The Balaban J connectivity index is 1.19. The summed E-state index contributed by atoms with van der Waals surface area (Å²) in [6, 6.07) is 39.6. The summed E-state index contributed by atoms with van der Waals surface area (Å²) in [7, 11) is 0. The number of hydrogen-bond acceptors (Lipinski definition) is 3. The molecule has 1 N–H and O–H groups in total. The molecule has 1 amide bonds. The Kier molecular flexibility index (Phi) is 7.23. The first-order valence-corrected chi connectivity index (χ1v) is 12.1. The number of aromatic nitrogens is 1. The molecule has 5 aromatic rings. The number of carbonyl (C=O) groups excluding carboxylic acids is 1. The van der Waals surface area contributed by atoms with Gasteiger partial charge in [-0.1, -0.05) is 60.7 Å². The largest absolute Gasteiger partial charge is 0.489 e. The number of rotatable bonds is 8. The minimum absolute atomic E-state index is 0.266. The lowest BCUT2D eigenvalue weighted by atomic mass is 10.1. The number of aryl methyl sites for hydroxylation is 1. The Morgan fingerprint density at radius 1 is 0.811 bits per heavy atom. The molecule has 182 valence electrons. The molecule has 0 saturated carbocycles. The number of benzene rings is 4. The highest BCUT2D eigenvalue weighted by molar-refractivity contribution is 5.95. The fourth-order valence-corrected chi connectivity index (χ4v) is 4.10. The molecule has 4 aromatic carbocycles. The normalized spacial score (nSPS) is 10.9. The number of hydrogen-bond donors (Lipinski definition) is 1. The molecule has 0 aliphatic carbocycles. The van der Waals surface area contributed by atoms with Crippen LogP contribution in [0.15, 0.2) is 126 Å². The van der Waals surface area contributed by atoms with Gasteiger partial charge in [-0.2, -0.15) is 5.10 Å². The van der Waals surface area contributed by atoms with Crippen LogP contribution in [0.3, 0.4) is 0 Å². The first-order valence-electron chi connectivity index (χ1n) is 12.1. The topological polar surface area (TPSA) is 55.6 Å². The number of nitrogens with zero attached hydrogens (tertiary/aromatic N) is 2. The van der Waals surface area contributed by atoms with E-state index >= 15 is 0 Å². The van der Waals surface area contributed by atoms with Gasteiger partial charge in [0.1, 0.15) is 12.4 Å². The summed E-state index contributed by atoms with van der Waals surface area (Å²) in [6.45, 7) is 2.59. The van der Waals surface area contributed by atoms with Crippen molar-refractivity contribution in [1.82, 2.24) is 9.99 Å². The summed E-state index contributed by atoms with van der Waals surface area (Å²) >= 11 is 0. The number of carbonyl (C=O) groups is 1. The van der Waals surface area contributed by atoms with Crippen molar-refractivity contribution < 1.29 is 9.53 Å². The van der Waals surface area contributed by atoms with Gasteiger partial charge in [-0.25, -0.2) is 5.43 Å². The maximum atomic E-state index is 12.6. The molecule has 0 aliphatic rings. The smallest absolute Gasteiger partial charge is 0.271 e. The van der Waals surface area contributed by atoms with Crippen LogP contribution in [-0.4, -0.2) is 16.7 Å². The third-order valence-corrected chi connectivity index (χ3v) is 6.04. The monoisotopic (exact) mass is 485 g/mol. The fraction of sp³-hybridized carbons (Fsp3) is 0.0625. The van der Waals surface area contributed by atoms with E-state index in [9.17, 15) is 4.79 Å². The van der Waals surface area contributed by atoms with E-state index in [4.69, 9.17) is 4.74 Å². The number of nitrogens with one attached hydrogen (secondary N) is 1. The predicted octanol–water partition coefficient (Wildman–Crippen LogP) is 6.80. The van der Waals surface area contributed by atoms with Crippen LogP contribution in [0.25, 0.3) is 16.9 Å². The third kappa shape index (κ3) is 5.85.